The van der Waals surface area contributed by atoms with Crippen LogP contribution in [0.1, 0.15) is 46.0 Å². The van der Waals surface area contributed by atoms with E-state index in [4.69, 9.17) is 5.73 Å². The third kappa shape index (κ3) is 4.12. The molecule has 2 aliphatic rings. The first-order chi connectivity index (χ1) is 7.15. The molecule has 2 nitrogen and oxygen atoms in total. The molecule has 2 rings (SSSR count). The maximum atomic E-state index is 6.20. The standard InChI is InChI=1S/C13H26N2/c1-10(2)7-12(14)9-15(13-5-6-13)8-11-3-4-11/h10-13H,3-9,14H2,1-2H3. The van der Waals surface area contributed by atoms with Gasteiger partial charge < -0.3 is 5.73 Å². The first-order valence-corrected chi connectivity index (χ1v) is 6.64. The van der Waals surface area contributed by atoms with Crippen LogP contribution in [0.15, 0.2) is 0 Å². The summed E-state index contributed by atoms with van der Waals surface area (Å²) in [5.41, 5.74) is 6.20. The van der Waals surface area contributed by atoms with Gasteiger partial charge in [0.05, 0.1) is 0 Å². The molecule has 0 aliphatic heterocycles. The van der Waals surface area contributed by atoms with Crippen LogP contribution in [-0.2, 0) is 0 Å². The Balaban J connectivity index is 1.72. The first-order valence-electron chi connectivity index (χ1n) is 6.64. The van der Waals surface area contributed by atoms with Gasteiger partial charge >= 0.3 is 0 Å². The van der Waals surface area contributed by atoms with Gasteiger partial charge in [-0.05, 0) is 43.9 Å². The first kappa shape index (κ1) is 11.4. The molecular formula is C13H26N2. The number of nitrogens with two attached hydrogens (primary N) is 1. The van der Waals surface area contributed by atoms with Gasteiger partial charge in [0.2, 0.25) is 0 Å². The third-order valence-electron chi connectivity index (χ3n) is 3.50. The highest BCUT2D eigenvalue weighted by atomic mass is 15.2. The minimum absolute atomic E-state index is 0.393. The minimum atomic E-state index is 0.393. The van der Waals surface area contributed by atoms with E-state index in [9.17, 15) is 0 Å². The predicted molar refractivity (Wildman–Crippen MR) is 64.7 cm³/mol. The lowest BCUT2D eigenvalue weighted by molar-refractivity contribution is 0.227. The predicted octanol–water partition coefficient (Wildman–Crippen LogP) is 2.23. The SMILES string of the molecule is CC(C)CC(N)CN(CC1CC1)C1CC1. The van der Waals surface area contributed by atoms with Crippen molar-refractivity contribution in [2.75, 3.05) is 13.1 Å². The molecule has 0 amide bonds. The van der Waals surface area contributed by atoms with Crippen LogP contribution >= 0.6 is 0 Å². The molecular weight excluding hydrogens is 184 g/mol. The van der Waals surface area contributed by atoms with Crippen molar-refractivity contribution in [3.05, 3.63) is 0 Å². The third-order valence-corrected chi connectivity index (χ3v) is 3.50. The fraction of sp³-hybridized carbons (Fsp3) is 1.00. The normalized spacial score (nSPS) is 23.8. The van der Waals surface area contributed by atoms with E-state index in [1.54, 1.807) is 0 Å². The molecule has 15 heavy (non-hydrogen) atoms. The van der Waals surface area contributed by atoms with Crippen molar-refractivity contribution in [1.29, 1.82) is 0 Å². The van der Waals surface area contributed by atoms with E-state index in [0.717, 1.165) is 24.4 Å². The lowest BCUT2D eigenvalue weighted by atomic mass is 10.0. The highest BCUT2D eigenvalue weighted by Gasteiger charge is 2.34. The lowest BCUT2D eigenvalue weighted by Gasteiger charge is -2.26. The number of nitrogens with zero attached hydrogens (tertiary/aromatic N) is 1. The van der Waals surface area contributed by atoms with Gasteiger partial charge in [0.15, 0.2) is 0 Å². The van der Waals surface area contributed by atoms with E-state index < -0.39 is 0 Å². The van der Waals surface area contributed by atoms with Crippen LogP contribution in [-0.4, -0.2) is 30.1 Å². The average Bonchev–Trinajstić information content (AvgIpc) is 2.98. The van der Waals surface area contributed by atoms with E-state index >= 15 is 0 Å². The molecule has 2 N–H and O–H groups in total. The zero-order chi connectivity index (χ0) is 10.8. The van der Waals surface area contributed by atoms with Gasteiger partial charge in [0.25, 0.3) is 0 Å². The van der Waals surface area contributed by atoms with Crippen LogP contribution in [0.25, 0.3) is 0 Å². The Kier molecular flexibility index (Phi) is 3.68. The molecule has 2 heteroatoms. The average molecular weight is 210 g/mol. The molecule has 0 heterocycles. The smallest absolute Gasteiger partial charge is 0.0170 e. The van der Waals surface area contributed by atoms with Crippen molar-refractivity contribution in [2.45, 2.75) is 58.0 Å². The van der Waals surface area contributed by atoms with Gasteiger partial charge in [-0.15, -0.1) is 0 Å². The zero-order valence-electron chi connectivity index (χ0n) is 10.3. The highest BCUT2D eigenvalue weighted by Crippen LogP contribution is 2.34. The van der Waals surface area contributed by atoms with Gasteiger partial charge in [0.1, 0.15) is 0 Å². The highest BCUT2D eigenvalue weighted by molar-refractivity contribution is 4.89. The van der Waals surface area contributed by atoms with Crippen LogP contribution < -0.4 is 5.73 Å². The van der Waals surface area contributed by atoms with E-state index in [2.05, 4.69) is 18.7 Å². The summed E-state index contributed by atoms with van der Waals surface area (Å²) in [5.74, 6) is 1.75. The monoisotopic (exact) mass is 210 g/mol. The summed E-state index contributed by atoms with van der Waals surface area (Å²) in [6, 6.07) is 1.29. The van der Waals surface area contributed by atoms with Crippen molar-refractivity contribution in [1.82, 2.24) is 4.90 Å². The molecule has 2 saturated carbocycles. The largest absolute Gasteiger partial charge is 0.327 e. The Bertz CT molecular complexity index is 195. The van der Waals surface area contributed by atoms with E-state index in [0.29, 0.717) is 6.04 Å². The van der Waals surface area contributed by atoms with Crippen LogP contribution in [0, 0.1) is 11.8 Å². The topological polar surface area (TPSA) is 29.3 Å². The Morgan fingerprint density at radius 3 is 2.33 bits per heavy atom. The molecule has 0 radical (unpaired) electrons. The maximum Gasteiger partial charge on any atom is 0.0170 e. The summed E-state index contributed by atoms with van der Waals surface area (Å²) in [6.07, 6.45) is 6.93. The molecule has 1 atom stereocenters. The molecule has 0 spiro atoms. The van der Waals surface area contributed by atoms with Crippen molar-refractivity contribution in [3.63, 3.8) is 0 Å². The van der Waals surface area contributed by atoms with E-state index in [-0.39, 0.29) is 0 Å². The molecule has 2 aliphatic carbocycles. The molecule has 2 fully saturated rings. The molecule has 0 aromatic heterocycles. The van der Waals surface area contributed by atoms with Crippen LogP contribution in [0.4, 0.5) is 0 Å². The van der Waals surface area contributed by atoms with Crippen molar-refractivity contribution < 1.29 is 0 Å². The van der Waals surface area contributed by atoms with Crippen LogP contribution in [0.2, 0.25) is 0 Å². The maximum absolute atomic E-state index is 6.20. The Labute approximate surface area is 94.2 Å². The summed E-state index contributed by atoms with van der Waals surface area (Å²) in [7, 11) is 0. The summed E-state index contributed by atoms with van der Waals surface area (Å²) in [6.45, 7) is 7.00. The molecule has 0 aromatic carbocycles. The number of hydrogen-bond acceptors (Lipinski definition) is 2. The zero-order valence-corrected chi connectivity index (χ0v) is 10.3. The molecule has 1 unspecified atom stereocenters. The molecule has 0 bridgehead atoms. The van der Waals surface area contributed by atoms with E-state index in [1.165, 1.54) is 38.6 Å². The quantitative estimate of drug-likeness (QED) is 0.698. The van der Waals surface area contributed by atoms with Gasteiger partial charge in [-0.1, -0.05) is 13.8 Å². The second-order valence-corrected chi connectivity index (χ2v) is 6.02. The molecule has 88 valence electrons. The summed E-state index contributed by atoms with van der Waals surface area (Å²) in [4.78, 5) is 2.67. The number of hydrogen-bond donors (Lipinski definition) is 1. The fourth-order valence-electron chi connectivity index (χ4n) is 2.43. The van der Waals surface area contributed by atoms with Crippen LogP contribution in [0.5, 0.6) is 0 Å². The van der Waals surface area contributed by atoms with Crippen LogP contribution in [0.3, 0.4) is 0 Å². The van der Waals surface area contributed by atoms with Crippen molar-refractivity contribution in [2.24, 2.45) is 17.6 Å². The minimum Gasteiger partial charge on any atom is -0.327 e. The van der Waals surface area contributed by atoms with Gasteiger partial charge in [-0.3, -0.25) is 4.90 Å². The number of rotatable bonds is 7. The second kappa shape index (κ2) is 4.84. The van der Waals surface area contributed by atoms with E-state index in [1.807, 2.05) is 0 Å². The second-order valence-electron chi connectivity index (χ2n) is 6.02. The van der Waals surface area contributed by atoms with Crippen molar-refractivity contribution in [3.8, 4) is 0 Å². The fourth-order valence-corrected chi connectivity index (χ4v) is 2.43. The summed E-state index contributed by atoms with van der Waals surface area (Å²) in [5, 5.41) is 0. The molecule has 0 aromatic rings. The summed E-state index contributed by atoms with van der Waals surface area (Å²) < 4.78 is 0. The Morgan fingerprint density at radius 1 is 1.20 bits per heavy atom. The van der Waals surface area contributed by atoms with Gasteiger partial charge in [0, 0.05) is 25.2 Å². The van der Waals surface area contributed by atoms with Gasteiger partial charge in [-0.25, -0.2) is 0 Å². The summed E-state index contributed by atoms with van der Waals surface area (Å²) >= 11 is 0. The van der Waals surface area contributed by atoms with Crippen molar-refractivity contribution >= 4 is 0 Å². The Morgan fingerprint density at radius 2 is 1.87 bits per heavy atom. The lowest BCUT2D eigenvalue weighted by Crippen LogP contribution is -2.40. The molecule has 0 saturated heterocycles. The van der Waals surface area contributed by atoms with Gasteiger partial charge in [-0.2, -0.15) is 0 Å². The Hall–Kier alpha value is -0.0800.